The SMILES string of the molecule is CN=C(NCC(C)Oc1ccc(Cl)cc1)NC1CCN(CC(C)C)CC1.I. The van der Waals surface area contributed by atoms with E-state index in [4.69, 9.17) is 16.3 Å². The molecule has 0 aliphatic carbocycles. The van der Waals surface area contributed by atoms with Crippen LogP contribution in [-0.2, 0) is 0 Å². The quantitative estimate of drug-likeness (QED) is 0.332. The summed E-state index contributed by atoms with van der Waals surface area (Å²) in [6.07, 6.45) is 2.34. The zero-order chi connectivity index (χ0) is 18.9. The Morgan fingerprint density at radius 3 is 2.41 bits per heavy atom. The van der Waals surface area contributed by atoms with Gasteiger partial charge in [-0.05, 0) is 49.9 Å². The van der Waals surface area contributed by atoms with Crippen LogP contribution in [0.15, 0.2) is 29.3 Å². The van der Waals surface area contributed by atoms with E-state index in [2.05, 4.69) is 34.4 Å². The molecule has 0 amide bonds. The summed E-state index contributed by atoms with van der Waals surface area (Å²) in [6, 6.07) is 7.93. The molecule has 0 saturated carbocycles. The Morgan fingerprint density at radius 2 is 1.85 bits per heavy atom. The van der Waals surface area contributed by atoms with Crippen molar-refractivity contribution >= 4 is 41.5 Å². The number of aliphatic imine (C=N–C) groups is 1. The standard InChI is InChI=1S/C20H33ClN4O.HI/c1-15(2)14-25-11-9-18(10-12-25)24-20(22-4)23-13-16(3)26-19-7-5-17(21)6-8-19;/h5-8,15-16,18H,9-14H2,1-4H3,(H2,22,23,24);1H. The van der Waals surface area contributed by atoms with Crippen LogP contribution in [0.5, 0.6) is 5.75 Å². The number of piperidine rings is 1. The van der Waals surface area contributed by atoms with Gasteiger partial charge in [-0.3, -0.25) is 4.99 Å². The third kappa shape index (κ3) is 9.34. The minimum atomic E-state index is 0. The number of hydrogen-bond donors (Lipinski definition) is 2. The lowest BCUT2D eigenvalue weighted by Crippen LogP contribution is -2.50. The van der Waals surface area contributed by atoms with Gasteiger partial charge in [-0.25, -0.2) is 0 Å². The first-order chi connectivity index (χ1) is 12.5. The summed E-state index contributed by atoms with van der Waals surface area (Å²) in [7, 11) is 1.81. The van der Waals surface area contributed by atoms with E-state index >= 15 is 0 Å². The third-order valence-electron chi connectivity index (χ3n) is 4.48. The summed E-state index contributed by atoms with van der Waals surface area (Å²) < 4.78 is 5.89. The van der Waals surface area contributed by atoms with Crippen LogP contribution in [0.4, 0.5) is 0 Å². The van der Waals surface area contributed by atoms with Crippen molar-refractivity contribution in [1.82, 2.24) is 15.5 Å². The molecule has 1 saturated heterocycles. The van der Waals surface area contributed by atoms with Crippen molar-refractivity contribution in [2.24, 2.45) is 10.9 Å². The Balaban J connectivity index is 0.00000364. The summed E-state index contributed by atoms with van der Waals surface area (Å²) in [5, 5.41) is 7.63. The number of nitrogens with zero attached hydrogens (tertiary/aromatic N) is 2. The molecule has 1 heterocycles. The number of likely N-dealkylation sites (tertiary alicyclic amines) is 1. The molecular formula is C20H34ClIN4O. The largest absolute Gasteiger partial charge is 0.489 e. The Kier molecular flexibility index (Phi) is 11.4. The minimum Gasteiger partial charge on any atom is -0.489 e. The lowest BCUT2D eigenvalue weighted by molar-refractivity contribution is 0.186. The lowest BCUT2D eigenvalue weighted by atomic mass is 10.0. The number of ether oxygens (including phenoxy) is 1. The van der Waals surface area contributed by atoms with Gasteiger partial charge in [0.2, 0.25) is 0 Å². The van der Waals surface area contributed by atoms with Crippen molar-refractivity contribution in [3.63, 3.8) is 0 Å². The topological polar surface area (TPSA) is 48.9 Å². The summed E-state index contributed by atoms with van der Waals surface area (Å²) in [5.41, 5.74) is 0. The van der Waals surface area contributed by atoms with Gasteiger partial charge in [-0.15, -0.1) is 24.0 Å². The van der Waals surface area contributed by atoms with Gasteiger partial charge in [0.1, 0.15) is 11.9 Å². The Bertz CT molecular complexity index is 560. The highest BCUT2D eigenvalue weighted by Crippen LogP contribution is 2.16. The molecule has 5 nitrogen and oxygen atoms in total. The fraction of sp³-hybridized carbons (Fsp3) is 0.650. The van der Waals surface area contributed by atoms with Gasteiger partial charge in [0.25, 0.3) is 0 Å². The van der Waals surface area contributed by atoms with Gasteiger partial charge in [-0.1, -0.05) is 25.4 Å². The van der Waals surface area contributed by atoms with Crippen LogP contribution in [0.3, 0.4) is 0 Å². The third-order valence-corrected chi connectivity index (χ3v) is 4.74. The fourth-order valence-electron chi connectivity index (χ4n) is 3.19. The van der Waals surface area contributed by atoms with Crippen LogP contribution in [0.25, 0.3) is 0 Å². The molecular weight excluding hydrogens is 475 g/mol. The molecule has 0 bridgehead atoms. The van der Waals surface area contributed by atoms with Gasteiger partial charge in [0, 0.05) is 37.7 Å². The summed E-state index contributed by atoms with van der Waals surface area (Å²) in [6.45, 7) is 10.8. The first-order valence-corrected chi connectivity index (χ1v) is 9.95. The Morgan fingerprint density at radius 1 is 1.22 bits per heavy atom. The van der Waals surface area contributed by atoms with Crippen molar-refractivity contribution in [1.29, 1.82) is 0 Å². The van der Waals surface area contributed by atoms with Crippen molar-refractivity contribution in [3.05, 3.63) is 29.3 Å². The Hall–Kier alpha value is -0.730. The summed E-state index contributed by atoms with van der Waals surface area (Å²) >= 11 is 5.90. The lowest BCUT2D eigenvalue weighted by Gasteiger charge is -2.34. The molecule has 27 heavy (non-hydrogen) atoms. The predicted octanol–water partition coefficient (Wildman–Crippen LogP) is 4.01. The fourth-order valence-corrected chi connectivity index (χ4v) is 3.32. The molecule has 0 spiro atoms. The van der Waals surface area contributed by atoms with E-state index in [1.165, 1.54) is 6.54 Å². The van der Waals surface area contributed by atoms with Crippen LogP contribution < -0.4 is 15.4 Å². The molecule has 7 heteroatoms. The highest BCUT2D eigenvalue weighted by atomic mass is 127. The van der Waals surface area contributed by atoms with Crippen LogP contribution in [0.2, 0.25) is 5.02 Å². The van der Waals surface area contributed by atoms with E-state index in [-0.39, 0.29) is 30.1 Å². The first kappa shape index (κ1) is 24.3. The molecule has 1 aromatic carbocycles. The van der Waals surface area contributed by atoms with E-state index in [1.807, 2.05) is 38.2 Å². The van der Waals surface area contributed by atoms with Crippen LogP contribution >= 0.6 is 35.6 Å². The number of rotatable bonds is 7. The van der Waals surface area contributed by atoms with E-state index in [0.717, 1.165) is 43.6 Å². The summed E-state index contributed by atoms with van der Waals surface area (Å²) in [5.74, 6) is 2.40. The second kappa shape index (κ2) is 12.7. The average molecular weight is 509 g/mol. The first-order valence-electron chi connectivity index (χ1n) is 9.58. The normalized spacial score (nSPS) is 17.3. The second-order valence-corrected chi connectivity index (χ2v) is 7.89. The van der Waals surface area contributed by atoms with E-state index in [9.17, 15) is 0 Å². The Labute approximate surface area is 186 Å². The van der Waals surface area contributed by atoms with Crippen LogP contribution in [0.1, 0.15) is 33.6 Å². The zero-order valence-corrected chi connectivity index (χ0v) is 20.0. The number of nitrogens with one attached hydrogen (secondary N) is 2. The van der Waals surface area contributed by atoms with Crippen molar-refractivity contribution in [2.75, 3.05) is 33.2 Å². The maximum Gasteiger partial charge on any atom is 0.191 e. The van der Waals surface area contributed by atoms with Crippen molar-refractivity contribution in [2.45, 2.75) is 45.8 Å². The molecule has 1 aliphatic rings. The molecule has 2 N–H and O–H groups in total. The molecule has 1 fully saturated rings. The van der Waals surface area contributed by atoms with Crippen LogP contribution in [-0.4, -0.2) is 56.2 Å². The maximum absolute atomic E-state index is 5.90. The van der Waals surface area contributed by atoms with Gasteiger partial charge in [-0.2, -0.15) is 0 Å². The highest BCUT2D eigenvalue weighted by molar-refractivity contribution is 14.0. The molecule has 1 unspecified atom stereocenters. The molecule has 1 aromatic rings. The highest BCUT2D eigenvalue weighted by Gasteiger charge is 2.20. The molecule has 154 valence electrons. The molecule has 0 radical (unpaired) electrons. The van der Waals surface area contributed by atoms with Gasteiger partial charge in [0.15, 0.2) is 5.96 Å². The number of halogens is 2. The zero-order valence-electron chi connectivity index (χ0n) is 16.9. The number of benzene rings is 1. The summed E-state index contributed by atoms with van der Waals surface area (Å²) in [4.78, 5) is 6.90. The second-order valence-electron chi connectivity index (χ2n) is 7.45. The maximum atomic E-state index is 5.90. The van der Waals surface area contributed by atoms with E-state index in [0.29, 0.717) is 17.6 Å². The smallest absolute Gasteiger partial charge is 0.191 e. The minimum absolute atomic E-state index is 0. The van der Waals surface area contributed by atoms with Gasteiger partial charge >= 0.3 is 0 Å². The monoisotopic (exact) mass is 508 g/mol. The van der Waals surface area contributed by atoms with Gasteiger partial charge < -0.3 is 20.3 Å². The van der Waals surface area contributed by atoms with Crippen molar-refractivity contribution < 1.29 is 4.74 Å². The average Bonchev–Trinajstić information content (AvgIpc) is 2.61. The van der Waals surface area contributed by atoms with Crippen LogP contribution in [0, 0.1) is 5.92 Å². The molecule has 1 aliphatic heterocycles. The molecule has 1 atom stereocenters. The number of hydrogen-bond acceptors (Lipinski definition) is 3. The molecule has 0 aromatic heterocycles. The number of guanidine groups is 1. The van der Waals surface area contributed by atoms with Crippen molar-refractivity contribution in [3.8, 4) is 5.75 Å². The predicted molar refractivity (Wildman–Crippen MR) is 126 cm³/mol. The van der Waals surface area contributed by atoms with E-state index in [1.54, 1.807) is 0 Å². The molecule has 2 rings (SSSR count). The van der Waals surface area contributed by atoms with E-state index < -0.39 is 0 Å². The van der Waals surface area contributed by atoms with Gasteiger partial charge in [0.05, 0.1) is 6.54 Å².